The molecular weight excluding hydrogens is 330 g/mol. The van der Waals surface area contributed by atoms with Crippen molar-refractivity contribution in [3.8, 4) is 5.75 Å². The van der Waals surface area contributed by atoms with Gasteiger partial charge in [-0.25, -0.2) is 0 Å². The Morgan fingerprint density at radius 2 is 2.29 bits per heavy atom. The van der Waals surface area contributed by atoms with Crippen LogP contribution in [0.1, 0.15) is 23.8 Å². The van der Waals surface area contributed by atoms with Crippen LogP contribution < -0.4 is 10.1 Å². The number of amides is 1. The summed E-state index contributed by atoms with van der Waals surface area (Å²) in [5.74, 6) is 0.239. The van der Waals surface area contributed by atoms with Crippen LogP contribution in [0.5, 0.6) is 5.75 Å². The van der Waals surface area contributed by atoms with E-state index in [9.17, 15) is 4.79 Å². The summed E-state index contributed by atoms with van der Waals surface area (Å²) >= 11 is 6.17. The van der Waals surface area contributed by atoms with Gasteiger partial charge in [0.1, 0.15) is 5.75 Å². The molecule has 0 spiro atoms. The number of hydrogen-bond acceptors (Lipinski definition) is 4. The van der Waals surface area contributed by atoms with Crippen LogP contribution >= 0.6 is 11.6 Å². The van der Waals surface area contributed by atoms with Crippen molar-refractivity contribution in [3.05, 3.63) is 40.7 Å². The average molecular weight is 350 g/mol. The zero-order valence-corrected chi connectivity index (χ0v) is 14.6. The quantitative estimate of drug-likeness (QED) is 0.921. The topological polar surface area (TPSA) is 65.4 Å². The Balaban J connectivity index is 1.80. The highest BCUT2D eigenvalue weighted by atomic mass is 35.5. The van der Waals surface area contributed by atoms with Crippen LogP contribution in [0.4, 0.5) is 5.69 Å². The van der Waals surface area contributed by atoms with Crippen LogP contribution in [-0.4, -0.2) is 29.4 Å². The second kappa shape index (κ2) is 6.83. The van der Waals surface area contributed by atoms with Gasteiger partial charge in [-0.15, -0.1) is 0 Å². The maximum Gasteiger partial charge on any atom is 0.230 e. The standard InChI is InChI=1S/C17H20ClN3O3/c1-10-13(9-19-21(10)2)16-12(6-7-24-16)17(22)20-15-8-11(23-3)4-5-14(15)18/h4-5,8-9,12,16H,6-7H2,1-3H3,(H,20,22)/t12-,16-/m0/s1. The van der Waals surface area contributed by atoms with Gasteiger partial charge in [0.25, 0.3) is 0 Å². The largest absolute Gasteiger partial charge is 0.497 e. The monoisotopic (exact) mass is 349 g/mol. The normalized spacial score (nSPS) is 20.2. The fourth-order valence-corrected chi connectivity index (χ4v) is 3.08. The summed E-state index contributed by atoms with van der Waals surface area (Å²) in [5.41, 5.74) is 2.49. The minimum Gasteiger partial charge on any atom is -0.497 e. The van der Waals surface area contributed by atoms with Gasteiger partial charge in [-0.3, -0.25) is 9.48 Å². The molecule has 2 heterocycles. The van der Waals surface area contributed by atoms with Gasteiger partial charge in [0.2, 0.25) is 5.91 Å². The third kappa shape index (κ3) is 3.12. The number of nitrogens with one attached hydrogen (secondary N) is 1. The van der Waals surface area contributed by atoms with E-state index in [-0.39, 0.29) is 17.9 Å². The van der Waals surface area contributed by atoms with Gasteiger partial charge >= 0.3 is 0 Å². The summed E-state index contributed by atoms with van der Waals surface area (Å²) in [6.07, 6.45) is 2.14. The van der Waals surface area contributed by atoms with Gasteiger partial charge in [0, 0.05) is 31.0 Å². The molecule has 0 unspecified atom stereocenters. The Labute approximate surface area is 145 Å². The summed E-state index contributed by atoms with van der Waals surface area (Å²) in [4.78, 5) is 12.8. The zero-order chi connectivity index (χ0) is 17.3. The minimum absolute atomic E-state index is 0.115. The summed E-state index contributed by atoms with van der Waals surface area (Å²) in [7, 11) is 3.44. The van der Waals surface area contributed by atoms with Crippen molar-refractivity contribution in [1.29, 1.82) is 0 Å². The summed E-state index contributed by atoms with van der Waals surface area (Å²) in [5, 5.41) is 7.61. The van der Waals surface area contributed by atoms with E-state index in [1.54, 1.807) is 36.2 Å². The van der Waals surface area contributed by atoms with Crippen LogP contribution in [0.3, 0.4) is 0 Å². The number of carbonyl (C=O) groups is 1. The zero-order valence-electron chi connectivity index (χ0n) is 13.9. The van der Waals surface area contributed by atoms with Crippen molar-refractivity contribution >= 4 is 23.2 Å². The third-order valence-electron chi connectivity index (χ3n) is 4.44. The summed E-state index contributed by atoms with van der Waals surface area (Å²) < 4.78 is 12.8. The van der Waals surface area contributed by atoms with Gasteiger partial charge in [-0.1, -0.05) is 11.6 Å². The Morgan fingerprint density at radius 1 is 1.50 bits per heavy atom. The maximum absolute atomic E-state index is 12.8. The molecular formula is C17H20ClN3O3. The van der Waals surface area contributed by atoms with Gasteiger partial charge in [0.15, 0.2) is 0 Å². The number of hydrogen-bond donors (Lipinski definition) is 1. The highest BCUT2D eigenvalue weighted by molar-refractivity contribution is 6.33. The van der Waals surface area contributed by atoms with E-state index >= 15 is 0 Å². The van der Waals surface area contributed by atoms with Crippen molar-refractivity contribution in [3.63, 3.8) is 0 Å². The number of ether oxygens (including phenoxy) is 2. The van der Waals surface area contributed by atoms with Crippen molar-refractivity contribution in [2.75, 3.05) is 19.0 Å². The van der Waals surface area contributed by atoms with Crippen molar-refractivity contribution in [2.45, 2.75) is 19.4 Å². The van der Waals surface area contributed by atoms with Crippen molar-refractivity contribution < 1.29 is 14.3 Å². The molecule has 1 aliphatic rings. The lowest BCUT2D eigenvalue weighted by Crippen LogP contribution is -2.25. The maximum atomic E-state index is 12.8. The molecule has 2 atom stereocenters. The van der Waals surface area contributed by atoms with Crippen LogP contribution in [0.15, 0.2) is 24.4 Å². The first-order valence-corrected chi connectivity index (χ1v) is 8.13. The second-order valence-corrected chi connectivity index (χ2v) is 6.24. The minimum atomic E-state index is -0.289. The van der Waals surface area contributed by atoms with Gasteiger partial charge in [0.05, 0.1) is 36.0 Å². The smallest absolute Gasteiger partial charge is 0.230 e. The number of methoxy groups -OCH3 is 1. The van der Waals surface area contributed by atoms with E-state index in [4.69, 9.17) is 21.1 Å². The van der Waals surface area contributed by atoms with Gasteiger partial charge in [-0.2, -0.15) is 5.10 Å². The number of rotatable bonds is 4. The van der Waals surface area contributed by atoms with Crippen molar-refractivity contribution in [1.82, 2.24) is 9.78 Å². The lowest BCUT2D eigenvalue weighted by atomic mass is 9.95. The highest BCUT2D eigenvalue weighted by Gasteiger charge is 2.37. The number of anilines is 1. The number of nitrogens with zero attached hydrogens (tertiary/aromatic N) is 2. The number of benzene rings is 1. The molecule has 0 aliphatic carbocycles. The lowest BCUT2D eigenvalue weighted by Gasteiger charge is -2.18. The van der Waals surface area contributed by atoms with Crippen LogP contribution in [0.25, 0.3) is 0 Å². The molecule has 1 aromatic heterocycles. The third-order valence-corrected chi connectivity index (χ3v) is 4.77. The molecule has 24 heavy (non-hydrogen) atoms. The molecule has 128 valence electrons. The number of aryl methyl sites for hydroxylation is 1. The first-order chi connectivity index (χ1) is 11.5. The van der Waals surface area contributed by atoms with Gasteiger partial charge in [-0.05, 0) is 25.5 Å². The second-order valence-electron chi connectivity index (χ2n) is 5.83. The molecule has 0 radical (unpaired) electrons. The molecule has 0 saturated carbocycles. The Morgan fingerprint density at radius 3 is 2.96 bits per heavy atom. The molecule has 3 rings (SSSR count). The predicted molar refractivity (Wildman–Crippen MR) is 91.4 cm³/mol. The fraction of sp³-hybridized carbons (Fsp3) is 0.412. The molecule has 7 heteroatoms. The Bertz CT molecular complexity index is 760. The summed E-state index contributed by atoms with van der Waals surface area (Å²) in [6.45, 7) is 2.51. The number of carbonyl (C=O) groups excluding carboxylic acids is 1. The lowest BCUT2D eigenvalue weighted by molar-refractivity contribution is -0.121. The number of halogens is 1. The first-order valence-electron chi connectivity index (χ1n) is 7.75. The molecule has 1 saturated heterocycles. The number of aromatic nitrogens is 2. The first kappa shape index (κ1) is 16.8. The molecule has 1 N–H and O–H groups in total. The fourth-order valence-electron chi connectivity index (χ4n) is 2.91. The van der Waals surface area contributed by atoms with Gasteiger partial charge < -0.3 is 14.8 Å². The van der Waals surface area contributed by atoms with E-state index in [2.05, 4.69) is 10.4 Å². The van der Waals surface area contributed by atoms with Crippen LogP contribution in [-0.2, 0) is 16.6 Å². The molecule has 0 bridgehead atoms. The molecule has 1 fully saturated rings. The van der Waals surface area contributed by atoms with Crippen LogP contribution in [0, 0.1) is 12.8 Å². The molecule has 6 nitrogen and oxygen atoms in total. The molecule has 1 amide bonds. The van der Waals surface area contributed by atoms with E-state index in [0.29, 0.717) is 29.5 Å². The van der Waals surface area contributed by atoms with E-state index < -0.39 is 0 Å². The summed E-state index contributed by atoms with van der Waals surface area (Å²) in [6, 6.07) is 5.16. The average Bonchev–Trinajstić information content (AvgIpc) is 3.17. The Kier molecular flexibility index (Phi) is 4.78. The van der Waals surface area contributed by atoms with Crippen molar-refractivity contribution in [2.24, 2.45) is 13.0 Å². The Hall–Kier alpha value is -2.05. The SMILES string of the molecule is COc1ccc(Cl)c(NC(=O)[C@H]2CCO[C@@H]2c2cnn(C)c2C)c1. The molecule has 1 aliphatic heterocycles. The molecule has 1 aromatic carbocycles. The van der Waals surface area contributed by atoms with E-state index in [1.165, 1.54) is 0 Å². The van der Waals surface area contributed by atoms with E-state index in [1.807, 2.05) is 14.0 Å². The predicted octanol–water partition coefficient (Wildman–Crippen LogP) is 3.11. The van der Waals surface area contributed by atoms with E-state index in [0.717, 1.165) is 11.3 Å². The molecule has 2 aromatic rings. The highest BCUT2D eigenvalue weighted by Crippen LogP contribution is 2.37. The van der Waals surface area contributed by atoms with Crippen LogP contribution in [0.2, 0.25) is 5.02 Å².